The van der Waals surface area contributed by atoms with E-state index < -0.39 is 0 Å². The molecule has 2 aliphatic rings. The zero-order valence-electron chi connectivity index (χ0n) is 22.6. The molecule has 0 bridgehead atoms. The molecule has 1 N–H and O–H groups in total. The van der Waals surface area contributed by atoms with Gasteiger partial charge in [-0.1, -0.05) is 90.4 Å². The zero-order chi connectivity index (χ0) is 24.6. The third-order valence-corrected chi connectivity index (χ3v) is 7.77. The molecule has 2 aliphatic heterocycles. The normalized spacial score (nSPS) is 17.7. The summed E-state index contributed by atoms with van der Waals surface area (Å²) in [4.78, 5) is 2.48. The van der Waals surface area contributed by atoms with Crippen LogP contribution in [0.25, 0.3) is 0 Å². The third-order valence-electron chi connectivity index (χ3n) is 7.77. The van der Waals surface area contributed by atoms with Crippen molar-refractivity contribution < 1.29 is 0 Å². The standard InChI is InChI=1S/C19H29N.C13H19N/c1-6-8-9-12-20-15(3)19(4,5)14-17-11-10-16(7-2)13-18(17)20;1-2-11-3-5-12(6-4-11)13-7-9-14-10-8-13/h10-11,13H,3,6-9,12,14H2,1-2,4-5H3;3-6,13-14H,2,7-10H2,1H3. The number of rotatable bonds is 7. The molecule has 0 atom stereocenters. The number of allylic oxidation sites excluding steroid dienone is 1. The molecule has 0 amide bonds. The first-order valence-electron chi connectivity index (χ1n) is 13.8. The molecule has 2 nitrogen and oxygen atoms in total. The van der Waals surface area contributed by atoms with Crippen LogP contribution >= 0.6 is 0 Å². The Morgan fingerprint density at radius 3 is 2.18 bits per heavy atom. The lowest BCUT2D eigenvalue weighted by molar-refractivity contribution is 0.413. The van der Waals surface area contributed by atoms with E-state index in [1.165, 1.54) is 78.8 Å². The molecule has 0 spiro atoms. The summed E-state index contributed by atoms with van der Waals surface area (Å²) in [5.74, 6) is 0.794. The summed E-state index contributed by atoms with van der Waals surface area (Å²) in [7, 11) is 0. The number of anilines is 1. The Bertz CT molecular complexity index is 903. The van der Waals surface area contributed by atoms with Gasteiger partial charge >= 0.3 is 0 Å². The number of unbranched alkanes of at least 4 members (excludes halogenated alkanes) is 2. The summed E-state index contributed by atoms with van der Waals surface area (Å²) >= 11 is 0. The number of hydrogen-bond donors (Lipinski definition) is 1. The van der Waals surface area contributed by atoms with Crippen molar-refractivity contribution >= 4 is 5.69 Å². The van der Waals surface area contributed by atoms with Crippen LogP contribution in [-0.4, -0.2) is 19.6 Å². The summed E-state index contributed by atoms with van der Waals surface area (Å²) in [6, 6.07) is 16.2. The Balaban J connectivity index is 0.000000202. The molecule has 2 aromatic rings. The van der Waals surface area contributed by atoms with Crippen molar-refractivity contribution in [3.05, 3.63) is 77.0 Å². The van der Waals surface area contributed by atoms with E-state index in [9.17, 15) is 0 Å². The molecule has 1 saturated heterocycles. The fourth-order valence-electron chi connectivity index (χ4n) is 5.28. The van der Waals surface area contributed by atoms with Gasteiger partial charge in [0.1, 0.15) is 0 Å². The highest BCUT2D eigenvalue weighted by molar-refractivity contribution is 5.63. The lowest BCUT2D eigenvalue weighted by Crippen LogP contribution is -2.38. The molecule has 34 heavy (non-hydrogen) atoms. The number of fused-ring (bicyclic) bond motifs is 1. The second-order valence-corrected chi connectivity index (χ2v) is 10.8. The molecule has 0 aliphatic carbocycles. The first kappa shape index (κ1) is 26.5. The van der Waals surface area contributed by atoms with E-state index >= 15 is 0 Å². The molecule has 0 radical (unpaired) electrons. The summed E-state index contributed by atoms with van der Waals surface area (Å²) in [6.45, 7) is 19.2. The van der Waals surface area contributed by atoms with Gasteiger partial charge in [-0.3, -0.25) is 0 Å². The van der Waals surface area contributed by atoms with Crippen LogP contribution in [0.5, 0.6) is 0 Å². The van der Waals surface area contributed by atoms with Crippen LogP contribution in [0.15, 0.2) is 54.7 Å². The van der Waals surface area contributed by atoms with Gasteiger partial charge in [0, 0.05) is 23.3 Å². The fraction of sp³-hybridized carbons (Fsp3) is 0.562. The van der Waals surface area contributed by atoms with Gasteiger partial charge in [-0.25, -0.2) is 0 Å². The minimum Gasteiger partial charge on any atom is -0.345 e. The van der Waals surface area contributed by atoms with Crippen LogP contribution < -0.4 is 10.2 Å². The van der Waals surface area contributed by atoms with Crippen molar-refractivity contribution in [2.45, 2.75) is 91.9 Å². The van der Waals surface area contributed by atoms with Crippen LogP contribution in [0.4, 0.5) is 5.69 Å². The number of nitrogens with zero attached hydrogens (tertiary/aromatic N) is 1. The molecule has 0 unspecified atom stereocenters. The van der Waals surface area contributed by atoms with Gasteiger partial charge in [0.25, 0.3) is 0 Å². The predicted octanol–water partition coefficient (Wildman–Crippen LogP) is 8.06. The van der Waals surface area contributed by atoms with Crippen molar-refractivity contribution in [3.8, 4) is 0 Å². The van der Waals surface area contributed by atoms with E-state index in [-0.39, 0.29) is 5.41 Å². The first-order chi connectivity index (χ1) is 16.4. The maximum absolute atomic E-state index is 4.41. The Hall–Kier alpha value is -2.06. The molecule has 2 heteroatoms. The first-order valence-corrected chi connectivity index (χ1v) is 13.8. The van der Waals surface area contributed by atoms with E-state index in [2.05, 4.69) is 93.9 Å². The summed E-state index contributed by atoms with van der Waals surface area (Å²) in [5.41, 5.74) is 8.76. The second-order valence-electron chi connectivity index (χ2n) is 10.8. The van der Waals surface area contributed by atoms with Crippen LogP contribution in [0, 0.1) is 5.41 Å². The number of hydrogen-bond acceptors (Lipinski definition) is 2. The van der Waals surface area contributed by atoms with Crippen molar-refractivity contribution in [2.24, 2.45) is 5.41 Å². The molecule has 0 saturated carbocycles. The molecule has 186 valence electrons. The number of benzene rings is 2. The van der Waals surface area contributed by atoms with Crippen LogP contribution in [0.3, 0.4) is 0 Å². The van der Waals surface area contributed by atoms with E-state index in [0.29, 0.717) is 0 Å². The SMILES string of the molecule is C=C1N(CCCCC)c2cc(CC)ccc2CC1(C)C.CCc1ccc(C2CCNCC2)cc1. The van der Waals surface area contributed by atoms with Gasteiger partial charge in [-0.15, -0.1) is 0 Å². The monoisotopic (exact) mass is 460 g/mol. The predicted molar refractivity (Wildman–Crippen MR) is 150 cm³/mol. The highest BCUT2D eigenvalue weighted by Gasteiger charge is 2.33. The Morgan fingerprint density at radius 2 is 1.56 bits per heavy atom. The molecule has 1 fully saturated rings. The molecule has 4 rings (SSSR count). The zero-order valence-corrected chi connectivity index (χ0v) is 22.6. The van der Waals surface area contributed by atoms with Crippen LogP contribution in [0.2, 0.25) is 0 Å². The molecular formula is C32H48N2. The van der Waals surface area contributed by atoms with Gasteiger partial charge in [0.2, 0.25) is 0 Å². The Labute approximate surface area is 209 Å². The van der Waals surface area contributed by atoms with E-state index in [0.717, 1.165) is 31.7 Å². The minimum absolute atomic E-state index is 0.174. The summed E-state index contributed by atoms with van der Waals surface area (Å²) in [5, 5.41) is 3.41. The topological polar surface area (TPSA) is 15.3 Å². The largest absolute Gasteiger partial charge is 0.345 e. The quantitative estimate of drug-likeness (QED) is 0.420. The third kappa shape index (κ3) is 6.75. The second kappa shape index (κ2) is 12.6. The van der Waals surface area contributed by atoms with Gasteiger partial charge < -0.3 is 10.2 Å². The lowest BCUT2D eigenvalue weighted by atomic mass is 9.78. The smallest absolute Gasteiger partial charge is 0.0443 e. The van der Waals surface area contributed by atoms with Gasteiger partial charge in [0.05, 0.1) is 0 Å². The Morgan fingerprint density at radius 1 is 0.912 bits per heavy atom. The minimum atomic E-state index is 0.174. The van der Waals surface area contributed by atoms with Crippen LogP contribution in [0.1, 0.15) is 94.9 Å². The number of piperidine rings is 1. The van der Waals surface area contributed by atoms with Crippen molar-refractivity contribution in [1.29, 1.82) is 0 Å². The van der Waals surface area contributed by atoms with E-state index in [1.54, 1.807) is 0 Å². The molecule has 2 aromatic carbocycles. The highest BCUT2D eigenvalue weighted by atomic mass is 15.2. The van der Waals surface area contributed by atoms with Crippen molar-refractivity contribution in [1.82, 2.24) is 5.32 Å². The van der Waals surface area contributed by atoms with Crippen LogP contribution in [-0.2, 0) is 19.3 Å². The highest BCUT2D eigenvalue weighted by Crippen LogP contribution is 2.43. The van der Waals surface area contributed by atoms with Gasteiger partial charge in [0.15, 0.2) is 0 Å². The Kier molecular flexibility index (Phi) is 9.83. The molecule has 0 aromatic heterocycles. The number of nitrogens with one attached hydrogen (secondary N) is 1. The van der Waals surface area contributed by atoms with E-state index in [4.69, 9.17) is 0 Å². The average molecular weight is 461 g/mol. The van der Waals surface area contributed by atoms with Gasteiger partial charge in [-0.2, -0.15) is 0 Å². The van der Waals surface area contributed by atoms with Crippen molar-refractivity contribution in [3.63, 3.8) is 0 Å². The maximum Gasteiger partial charge on any atom is 0.0443 e. The molecule has 2 heterocycles. The van der Waals surface area contributed by atoms with E-state index in [1.807, 2.05) is 0 Å². The fourth-order valence-corrected chi connectivity index (χ4v) is 5.28. The number of aryl methyl sites for hydroxylation is 2. The summed E-state index contributed by atoms with van der Waals surface area (Å²) < 4.78 is 0. The summed E-state index contributed by atoms with van der Waals surface area (Å²) in [6.07, 6.45) is 9.77. The average Bonchev–Trinajstić information content (AvgIpc) is 2.87. The molecular weight excluding hydrogens is 412 g/mol. The van der Waals surface area contributed by atoms with Gasteiger partial charge in [-0.05, 0) is 85.9 Å². The maximum atomic E-state index is 4.41. The van der Waals surface area contributed by atoms with Crippen molar-refractivity contribution in [2.75, 3.05) is 24.5 Å². The lowest BCUT2D eigenvalue weighted by Gasteiger charge is -2.43.